The third kappa shape index (κ3) is 3.76. The van der Waals surface area contributed by atoms with E-state index in [2.05, 4.69) is 19.2 Å². The molecule has 2 aliphatic rings. The zero-order valence-corrected chi connectivity index (χ0v) is 13.6. The number of rotatable bonds is 3. The SMILES string of the molecule is CCCC(=O)N1CCCC(C(=O)N2CCNC(C)C2C)C1. The summed E-state index contributed by atoms with van der Waals surface area (Å²) in [6, 6.07) is 0.567. The van der Waals surface area contributed by atoms with E-state index in [1.165, 1.54) is 0 Å². The van der Waals surface area contributed by atoms with E-state index in [0.29, 0.717) is 19.0 Å². The zero-order chi connectivity index (χ0) is 15.4. The highest BCUT2D eigenvalue weighted by molar-refractivity contribution is 5.81. The van der Waals surface area contributed by atoms with Crippen molar-refractivity contribution in [2.24, 2.45) is 5.92 Å². The largest absolute Gasteiger partial charge is 0.342 e. The van der Waals surface area contributed by atoms with Crippen LogP contribution in [0.2, 0.25) is 0 Å². The monoisotopic (exact) mass is 295 g/mol. The summed E-state index contributed by atoms with van der Waals surface area (Å²) in [4.78, 5) is 28.8. The van der Waals surface area contributed by atoms with Crippen LogP contribution in [-0.4, -0.2) is 59.9 Å². The Hall–Kier alpha value is -1.10. The van der Waals surface area contributed by atoms with Crippen LogP contribution in [0.4, 0.5) is 0 Å². The standard InChI is InChI=1S/C16H29N3O2/c1-4-6-15(20)18-9-5-7-14(11-18)16(21)19-10-8-17-12(2)13(19)3/h12-14,17H,4-11H2,1-3H3. The van der Waals surface area contributed by atoms with Gasteiger partial charge >= 0.3 is 0 Å². The Morgan fingerprint density at radius 3 is 2.71 bits per heavy atom. The normalized spacial score (nSPS) is 30.3. The predicted octanol–water partition coefficient (Wildman–Crippen LogP) is 1.23. The second-order valence-corrected chi connectivity index (χ2v) is 6.44. The number of amides is 2. The molecule has 2 heterocycles. The molecule has 2 fully saturated rings. The van der Waals surface area contributed by atoms with Crippen molar-refractivity contribution in [3.63, 3.8) is 0 Å². The van der Waals surface area contributed by atoms with E-state index >= 15 is 0 Å². The minimum Gasteiger partial charge on any atom is -0.342 e. The third-order valence-electron chi connectivity index (χ3n) is 4.90. The van der Waals surface area contributed by atoms with E-state index < -0.39 is 0 Å². The van der Waals surface area contributed by atoms with E-state index in [9.17, 15) is 9.59 Å². The fourth-order valence-corrected chi connectivity index (χ4v) is 3.38. The Labute approximate surface area is 128 Å². The van der Waals surface area contributed by atoms with Gasteiger partial charge in [-0.1, -0.05) is 6.92 Å². The van der Waals surface area contributed by atoms with Crippen LogP contribution in [-0.2, 0) is 9.59 Å². The van der Waals surface area contributed by atoms with Gasteiger partial charge in [0.05, 0.1) is 5.92 Å². The van der Waals surface area contributed by atoms with Crippen LogP contribution in [0.5, 0.6) is 0 Å². The summed E-state index contributed by atoms with van der Waals surface area (Å²) in [6.07, 6.45) is 3.34. The maximum atomic E-state index is 12.8. The topological polar surface area (TPSA) is 52.7 Å². The average molecular weight is 295 g/mol. The van der Waals surface area contributed by atoms with Gasteiger partial charge in [0, 0.05) is 44.7 Å². The summed E-state index contributed by atoms with van der Waals surface area (Å²) in [5.41, 5.74) is 0. The Morgan fingerprint density at radius 1 is 1.24 bits per heavy atom. The number of nitrogens with one attached hydrogen (secondary N) is 1. The summed E-state index contributed by atoms with van der Waals surface area (Å²) >= 11 is 0. The van der Waals surface area contributed by atoms with Gasteiger partial charge in [0.15, 0.2) is 0 Å². The van der Waals surface area contributed by atoms with Crippen LogP contribution in [0.25, 0.3) is 0 Å². The first kappa shape index (κ1) is 16.3. The van der Waals surface area contributed by atoms with Crippen molar-refractivity contribution in [2.75, 3.05) is 26.2 Å². The number of carbonyl (C=O) groups excluding carboxylic acids is 2. The molecule has 1 N–H and O–H groups in total. The van der Waals surface area contributed by atoms with Crippen molar-refractivity contribution in [1.82, 2.24) is 15.1 Å². The van der Waals surface area contributed by atoms with Crippen molar-refractivity contribution >= 4 is 11.8 Å². The summed E-state index contributed by atoms with van der Waals surface area (Å²) in [5, 5.41) is 3.40. The maximum Gasteiger partial charge on any atom is 0.227 e. The first-order valence-electron chi connectivity index (χ1n) is 8.36. The molecule has 5 heteroatoms. The second-order valence-electron chi connectivity index (χ2n) is 6.44. The Kier molecular flexibility index (Phi) is 5.62. The van der Waals surface area contributed by atoms with E-state index in [1.54, 1.807) is 0 Å². The van der Waals surface area contributed by atoms with Crippen molar-refractivity contribution in [3.8, 4) is 0 Å². The van der Waals surface area contributed by atoms with Crippen LogP contribution in [0.3, 0.4) is 0 Å². The molecule has 0 aromatic heterocycles. The smallest absolute Gasteiger partial charge is 0.227 e. The molecule has 0 aromatic rings. The lowest BCUT2D eigenvalue weighted by Crippen LogP contribution is -2.59. The van der Waals surface area contributed by atoms with Crippen molar-refractivity contribution in [3.05, 3.63) is 0 Å². The fraction of sp³-hybridized carbons (Fsp3) is 0.875. The fourth-order valence-electron chi connectivity index (χ4n) is 3.38. The third-order valence-corrected chi connectivity index (χ3v) is 4.90. The van der Waals surface area contributed by atoms with Crippen molar-refractivity contribution in [1.29, 1.82) is 0 Å². The van der Waals surface area contributed by atoms with Crippen LogP contribution >= 0.6 is 0 Å². The minimum absolute atomic E-state index is 0.00712. The van der Waals surface area contributed by atoms with Gasteiger partial charge in [-0.3, -0.25) is 9.59 Å². The molecule has 2 saturated heterocycles. The molecule has 2 aliphatic heterocycles. The molecule has 0 aromatic carbocycles. The highest BCUT2D eigenvalue weighted by Gasteiger charge is 2.35. The number of hydrogen-bond donors (Lipinski definition) is 1. The summed E-state index contributed by atoms with van der Waals surface area (Å²) < 4.78 is 0. The number of nitrogens with zero attached hydrogens (tertiary/aromatic N) is 2. The maximum absolute atomic E-state index is 12.8. The zero-order valence-electron chi connectivity index (χ0n) is 13.6. The van der Waals surface area contributed by atoms with Gasteiger partial charge in [0.1, 0.15) is 0 Å². The first-order chi connectivity index (χ1) is 10.0. The molecule has 5 nitrogen and oxygen atoms in total. The molecule has 21 heavy (non-hydrogen) atoms. The molecular formula is C16H29N3O2. The number of hydrogen-bond acceptors (Lipinski definition) is 3. The van der Waals surface area contributed by atoms with Gasteiger partial charge in [0.2, 0.25) is 11.8 Å². The van der Waals surface area contributed by atoms with E-state index in [4.69, 9.17) is 0 Å². The van der Waals surface area contributed by atoms with Crippen molar-refractivity contribution in [2.45, 2.75) is 58.5 Å². The summed E-state index contributed by atoms with van der Waals surface area (Å²) in [7, 11) is 0. The van der Waals surface area contributed by atoms with E-state index in [1.807, 2.05) is 16.7 Å². The lowest BCUT2D eigenvalue weighted by Gasteiger charge is -2.42. The van der Waals surface area contributed by atoms with Gasteiger partial charge in [-0.15, -0.1) is 0 Å². The van der Waals surface area contributed by atoms with Crippen LogP contribution in [0, 0.1) is 5.92 Å². The predicted molar refractivity (Wildman–Crippen MR) is 82.9 cm³/mol. The van der Waals surface area contributed by atoms with Crippen LogP contribution < -0.4 is 5.32 Å². The number of piperazine rings is 1. The molecule has 3 atom stereocenters. The molecule has 0 bridgehead atoms. The van der Waals surface area contributed by atoms with Gasteiger partial charge in [-0.25, -0.2) is 0 Å². The molecule has 3 unspecified atom stereocenters. The van der Waals surface area contributed by atoms with E-state index in [-0.39, 0.29) is 23.8 Å². The molecular weight excluding hydrogens is 266 g/mol. The molecule has 0 spiro atoms. The molecule has 0 aliphatic carbocycles. The first-order valence-corrected chi connectivity index (χ1v) is 8.36. The second kappa shape index (κ2) is 7.25. The Balaban J connectivity index is 1.97. The number of carbonyl (C=O) groups is 2. The molecule has 120 valence electrons. The molecule has 2 amide bonds. The number of likely N-dealkylation sites (tertiary alicyclic amines) is 1. The lowest BCUT2D eigenvalue weighted by molar-refractivity contribution is -0.143. The van der Waals surface area contributed by atoms with Crippen LogP contribution in [0.15, 0.2) is 0 Å². The summed E-state index contributed by atoms with van der Waals surface area (Å²) in [6.45, 7) is 9.33. The van der Waals surface area contributed by atoms with E-state index in [0.717, 1.165) is 38.9 Å². The lowest BCUT2D eigenvalue weighted by atomic mass is 9.94. The van der Waals surface area contributed by atoms with Gasteiger partial charge in [0.25, 0.3) is 0 Å². The minimum atomic E-state index is -0.00712. The van der Waals surface area contributed by atoms with Gasteiger partial charge in [-0.2, -0.15) is 0 Å². The highest BCUT2D eigenvalue weighted by atomic mass is 16.2. The van der Waals surface area contributed by atoms with Gasteiger partial charge < -0.3 is 15.1 Å². The van der Waals surface area contributed by atoms with Gasteiger partial charge in [-0.05, 0) is 33.1 Å². The average Bonchev–Trinajstić information content (AvgIpc) is 2.50. The highest BCUT2D eigenvalue weighted by Crippen LogP contribution is 2.22. The number of piperidine rings is 1. The van der Waals surface area contributed by atoms with Crippen LogP contribution in [0.1, 0.15) is 46.5 Å². The molecule has 2 rings (SSSR count). The molecule has 0 radical (unpaired) electrons. The molecule has 0 saturated carbocycles. The Morgan fingerprint density at radius 2 is 2.00 bits per heavy atom. The quantitative estimate of drug-likeness (QED) is 0.852. The van der Waals surface area contributed by atoms with Crippen molar-refractivity contribution < 1.29 is 9.59 Å². The summed E-state index contributed by atoms with van der Waals surface area (Å²) in [5.74, 6) is 0.439. The Bertz CT molecular complexity index is 386.